The van der Waals surface area contributed by atoms with Crippen LogP contribution in [0.4, 0.5) is 26.0 Å². The number of ether oxygens (including phenoxy) is 2. The smallest absolute Gasteiger partial charge is 0.258 e. The number of amides is 1. The van der Waals surface area contributed by atoms with Gasteiger partial charge < -0.3 is 25.0 Å². The van der Waals surface area contributed by atoms with Gasteiger partial charge in [0.05, 0.1) is 23.7 Å². The first-order valence-corrected chi connectivity index (χ1v) is 16.4. The van der Waals surface area contributed by atoms with Gasteiger partial charge in [-0.15, -0.1) is 0 Å². The number of methoxy groups -OCH3 is 1. The Kier molecular flexibility index (Phi) is 10.0. The van der Waals surface area contributed by atoms with Crippen LogP contribution >= 0.6 is 0 Å². The molecule has 11 nitrogen and oxygen atoms in total. The van der Waals surface area contributed by atoms with Crippen molar-refractivity contribution in [2.75, 3.05) is 88.3 Å². The van der Waals surface area contributed by atoms with E-state index < -0.39 is 22.6 Å². The Balaban J connectivity index is 1.18. The summed E-state index contributed by atoms with van der Waals surface area (Å²) in [5.74, 6) is -1.19. The van der Waals surface area contributed by atoms with E-state index in [0.29, 0.717) is 55.6 Å². The van der Waals surface area contributed by atoms with Gasteiger partial charge in [-0.3, -0.25) is 14.8 Å². The van der Waals surface area contributed by atoms with Crippen molar-refractivity contribution in [3.63, 3.8) is 0 Å². The number of fused-ring (bicyclic) bond motifs is 1. The number of nitrogens with one attached hydrogen (secondary N) is 3. The minimum absolute atomic E-state index is 0.0462. The molecule has 45 heavy (non-hydrogen) atoms. The molecule has 1 aromatic heterocycles. The summed E-state index contributed by atoms with van der Waals surface area (Å²) in [7, 11) is -0.0726. The molecule has 3 aromatic rings. The molecule has 3 N–H and O–H groups in total. The van der Waals surface area contributed by atoms with Crippen LogP contribution in [0, 0.1) is 17.6 Å². The van der Waals surface area contributed by atoms with Gasteiger partial charge in [-0.2, -0.15) is 5.10 Å². The topological polar surface area (TPSA) is 115 Å². The standard InChI is InChI=1S/C31H39F2N7O4S/c1-43-13-11-38-7-9-39(10-8-38)24-2-3-26(29(17-24)34-18-21-5-12-44-20-21)31(41)35-30-27-19-40(6-4-28(27)36-37-30)45(42)25-15-22(32)14-23(33)16-25/h2-3,14-17,21,34H,4-13,18-20H2,1H3,(H2,35,36,37,41). The lowest BCUT2D eigenvalue weighted by Gasteiger charge is -2.36. The molecule has 242 valence electrons. The van der Waals surface area contributed by atoms with E-state index >= 15 is 0 Å². The predicted molar refractivity (Wildman–Crippen MR) is 168 cm³/mol. The molecule has 0 radical (unpaired) electrons. The van der Waals surface area contributed by atoms with Gasteiger partial charge in [-0.05, 0) is 36.8 Å². The van der Waals surface area contributed by atoms with Crippen molar-refractivity contribution in [3.05, 3.63) is 64.9 Å². The second kappa shape index (κ2) is 14.3. The summed E-state index contributed by atoms with van der Waals surface area (Å²) in [6.45, 7) is 7.97. The Morgan fingerprint density at radius 2 is 1.93 bits per heavy atom. The van der Waals surface area contributed by atoms with Crippen LogP contribution in [0.1, 0.15) is 28.0 Å². The third kappa shape index (κ3) is 7.52. The highest BCUT2D eigenvalue weighted by Gasteiger charge is 2.28. The van der Waals surface area contributed by atoms with E-state index in [1.807, 2.05) is 18.2 Å². The zero-order valence-corrected chi connectivity index (χ0v) is 26.1. The van der Waals surface area contributed by atoms with Gasteiger partial charge in [0.1, 0.15) is 22.6 Å². The minimum Gasteiger partial charge on any atom is -0.384 e. The number of H-pyrrole nitrogens is 1. The summed E-state index contributed by atoms with van der Waals surface area (Å²) in [4.78, 5) is 18.5. The molecule has 1 amide bonds. The van der Waals surface area contributed by atoms with E-state index in [0.717, 1.165) is 81.0 Å². The SMILES string of the molecule is COCCN1CCN(c2ccc(C(=O)Nc3n[nH]c4c3CN(S(=O)c3cc(F)cc(F)c3)CC4)c(NCC3CCOC3)c2)CC1. The van der Waals surface area contributed by atoms with Crippen molar-refractivity contribution >= 4 is 34.1 Å². The number of halogens is 2. The lowest BCUT2D eigenvalue weighted by atomic mass is 10.1. The molecular formula is C31H39F2N7O4S. The minimum atomic E-state index is -1.79. The fraction of sp³-hybridized carbons (Fsp3) is 0.484. The lowest BCUT2D eigenvalue weighted by Crippen LogP contribution is -2.47. The molecule has 14 heteroatoms. The Hall–Kier alpha value is -3.43. The fourth-order valence-corrected chi connectivity index (χ4v) is 7.22. The average molecular weight is 644 g/mol. The van der Waals surface area contributed by atoms with Gasteiger partial charge in [-0.1, -0.05) is 0 Å². The molecule has 2 aromatic carbocycles. The third-order valence-electron chi connectivity index (χ3n) is 8.60. The summed E-state index contributed by atoms with van der Waals surface area (Å²) in [6.07, 6.45) is 1.46. The Morgan fingerprint density at radius 1 is 1.13 bits per heavy atom. The largest absolute Gasteiger partial charge is 0.384 e. The molecule has 2 fully saturated rings. The molecule has 0 spiro atoms. The molecule has 3 aliphatic rings. The van der Waals surface area contributed by atoms with Crippen LogP contribution in [-0.2, 0) is 33.4 Å². The van der Waals surface area contributed by atoms with Crippen molar-refractivity contribution in [1.29, 1.82) is 0 Å². The molecule has 0 aliphatic carbocycles. The van der Waals surface area contributed by atoms with Crippen molar-refractivity contribution in [2.24, 2.45) is 5.92 Å². The van der Waals surface area contributed by atoms with Gasteiger partial charge >= 0.3 is 0 Å². The summed E-state index contributed by atoms with van der Waals surface area (Å²) < 4.78 is 53.2. The second-order valence-corrected chi connectivity index (χ2v) is 13.1. The van der Waals surface area contributed by atoms with Crippen LogP contribution in [0.3, 0.4) is 0 Å². The Morgan fingerprint density at radius 3 is 2.67 bits per heavy atom. The van der Waals surface area contributed by atoms with Crippen molar-refractivity contribution < 1.29 is 27.3 Å². The molecule has 3 aliphatic heterocycles. The number of rotatable bonds is 11. The number of aromatic nitrogens is 2. The highest BCUT2D eigenvalue weighted by atomic mass is 32.2. The van der Waals surface area contributed by atoms with Gasteiger partial charge in [0.2, 0.25) is 0 Å². The van der Waals surface area contributed by atoms with E-state index in [2.05, 4.69) is 30.6 Å². The quantitative estimate of drug-likeness (QED) is 0.292. The van der Waals surface area contributed by atoms with Crippen molar-refractivity contribution in [3.8, 4) is 0 Å². The van der Waals surface area contributed by atoms with Crippen LogP contribution in [0.5, 0.6) is 0 Å². The number of benzene rings is 2. The highest BCUT2D eigenvalue weighted by Crippen LogP contribution is 2.30. The van der Waals surface area contributed by atoms with Crippen molar-refractivity contribution in [2.45, 2.75) is 24.3 Å². The lowest BCUT2D eigenvalue weighted by molar-refractivity contribution is 0.102. The first-order valence-electron chi connectivity index (χ1n) is 15.3. The summed E-state index contributed by atoms with van der Waals surface area (Å²) in [5, 5.41) is 13.8. The fourth-order valence-electron chi connectivity index (χ4n) is 5.99. The van der Waals surface area contributed by atoms with E-state index in [1.165, 1.54) is 0 Å². The van der Waals surface area contributed by atoms with Crippen LogP contribution in [0.25, 0.3) is 0 Å². The second-order valence-electron chi connectivity index (χ2n) is 11.6. The van der Waals surface area contributed by atoms with Gasteiger partial charge in [-0.25, -0.2) is 17.3 Å². The number of anilines is 3. The molecule has 0 saturated carbocycles. The molecule has 4 heterocycles. The first-order chi connectivity index (χ1) is 21.9. The van der Waals surface area contributed by atoms with E-state index in [9.17, 15) is 17.8 Å². The number of piperazine rings is 1. The maximum Gasteiger partial charge on any atom is 0.258 e. The predicted octanol–water partition coefficient (Wildman–Crippen LogP) is 3.24. The van der Waals surface area contributed by atoms with Gasteiger partial charge in [0.15, 0.2) is 5.82 Å². The molecule has 6 rings (SSSR count). The van der Waals surface area contributed by atoms with Crippen LogP contribution in [0.15, 0.2) is 41.3 Å². The zero-order chi connectivity index (χ0) is 31.3. The van der Waals surface area contributed by atoms with E-state index in [4.69, 9.17) is 9.47 Å². The molecular weight excluding hydrogens is 604 g/mol. The average Bonchev–Trinajstić information content (AvgIpc) is 3.72. The number of carbonyl (C=O) groups excluding carboxylic acids is 1. The molecule has 0 bridgehead atoms. The summed E-state index contributed by atoms with van der Waals surface area (Å²) in [6, 6.07) is 8.76. The van der Waals surface area contributed by atoms with Gasteiger partial charge in [0, 0.05) is 107 Å². The van der Waals surface area contributed by atoms with Crippen molar-refractivity contribution in [1.82, 2.24) is 19.4 Å². The monoisotopic (exact) mass is 643 g/mol. The van der Waals surface area contributed by atoms with E-state index in [-0.39, 0.29) is 17.3 Å². The van der Waals surface area contributed by atoms with Crippen LogP contribution in [-0.4, -0.2) is 102 Å². The maximum atomic E-state index is 13.8. The zero-order valence-electron chi connectivity index (χ0n) is 25.3. The summed E-state index contributed by atoms with van der Waals surface area (Å²) in [5.41, 5.74) is 3.79. The third-order valence-corrected chi connectivity index (χ3v) is 10.0. The van der Waals surface area contributed by atoms with Crippen LogP contribution < -0.4 is 15.5 Å². The number of hydrogen-bond donors (Lipinski definition) is 3. The van der Waals surface area contributed by atoms with E-state index in [1.54, 1.807) is 11.4 Å². The highest BCUT2D eigenvalue weighted by molar-refractivity contribution is 7.82. The molecule has 2 saturated heterocycles. The number of hydrogen-bond acceptors (Lipinski definition) is 8. The van der Waals surface area contributed by atoms with Gasteiger partial charge in [0.25, 0.3) is 5.91 Å². The Labute approximate surface area is 263 Å². The molecule has 2 unspecified atom stereocenters. The number of nitrogens with zero attached hydrogens (tertiary/aromatic N) is 4. The first kappa shape index (κ1) is 31.5. The normalized spacial score (nSPS) is 19.8. The maximum absolute atomic E-state index is 13.8. The molecule has 2 atom stereocenters. The summed E-state index contributed by atoms with van der Waals surface area (Å²) >= 11 is 0. The van der Waals surface area contributed by atoms with Crippen LogP contribution in [0.2, 0.25) is 0 Å². The number of carbonyl (C=O) groups is 1. The number of aromatic amines is 1. The Bertz CT molecular complexity index is 1510.